The van der Waals surface area contributed by atoms with E-state index in [2.05, 4.69) is 32.2 Å². The number of aromatic amines is 1. The summed E-state index contributed by atoms with van der Waals surface area (Å²) in [5.41, 5.74) is 2.40. The number of hydrogen-bond acceptors (Lipinski definition) is 6. The Morgan fingerprint density at radius 3 is 3.00 bits per heavy atom. The number of nitrogens with zero attached hydrogens (tertiary/aromatic N) is 1. The van der Waals surface area contributed by atoms with Crippen molar-refractivity contribution in [2.75, 3.05) is 12.9 Å². The molecule has 1 aliphatic carbocycles. The first-order valence-electron chi connectivity index (χ1n) is 8.72. The van der Waals surface area contributed by atoms with Gasteiger partial charge in [0.05, 0.1) is 31.0 Å². The molecule has 0 saturated heterocycles. The number of amides is 1. The van der Waals surface area contributed by atoms with E-state index in [-0.39, 0.29) is 29.7 Å². The highest BCUT2D eigenvalue weighted by Gasteiger charge is 2.21. The molecule has 3 rings (SSSR count). The molecule has 0 unspecified atom stereocenters. The van der Waals surface area contributed by atoms with Gasteiger partial charge in [-0.25, -0.2) is 4.98 Å². The molecule has 8 heteroatoms. The number of thioether (sulfide) groups is 1. The van der Waals surface area contributed by atoms with Gasteiger partial charge >= 0.3 is 5.97 Å². The van der Waals surface area contributed by atoms with Gasteiger partial charge in [0.15, 0.2) is 5.16 Å². The summed E-state index contributed by atoms with van der Waals surface area (Å²) >= 11 is 1.13. The van der Waals surface area contributed by atoms with Gasteiger partial charge in [-0.2, -0.15) is 0 Å². The molecule has 2 N–H and O–H groups in total. The Labute approximate surface area is 160 Å². The van der Waals surface area contributed by atoms with Gasteiger partial charge in [0, 0.05) is 6.07 Å². The minimum Gasteiger partial charge on any atom is -0.469 e. The number of esters is 1. The van der Waals surface area contributed by atoms with E-state index < -0.39 is 5.97 Å². The fourth-order valence-corrected chi connectivity index (χ4v) is 3.84. The lowest BCUT2D eigenvalue weighted by Gasteiger charge is -2.26. The van der Waals surface area contributed by atoms with Gasteiger partial charge in [-0.3, -0.25) is 14.4 Å². The van der Waals surface area contributed by atoms with Crippen molar-refractivity contribution in [3.05, 3.63) is 57.5 Å². The Balaban J connectivity index is 1.60. The molecule has 2 aromatic rings. The van der Waals surface area contributed by atoms with Crippen molar-refractivity contribution in [3.63, 3.8) is 0 Å². The van der Waals surface area contributed by atoms with Crippen LogP contribution in [-0.4, -0.2) is 34.7 Å². The minimum absolute atomic E-state index is 0.0146. The fourth-order valence-electron chi connectivity index (χ4n) is 3.14. The molecule has 1 heterocycles. The Morgan fingerprint density at radius 2 is 2.19 bits per heavy atom. The number of H-pyrrole nitrogens is 1. The Bertz CT molecular complexity index is 897. The molecule has 7 nitrogen and oxygen atoms in total. The lowest BCUT2D eigenvalue weighted by molar-refractivity contribution is -0.139. The van der Waals surface area contributed by atoms with Crippen LogP contribution in [0.15, 0.2) is 40.3 Å². The van der Waals surface area contributed by atoms with Crippen LogP contribution >= 0.6 is 11.8 Å². The van der Waals surface area contributed by atoms with E-state index in [1.165, 1.54) is 24.3 Å². The van der Waals surface area contributed by atoms with Crippen molar-refractivity contribution >= 4 is 23.6 Å². The van der Waals surface area contributed by atoms with Crippen LogP contribution in [0.1, 0.15) is 35.7 Å². The number of carbonyl (C=O) groups excluding carboxylic acids is 2. The van der Waals surface area contributed by atoms with Crippen LogP contribution in [-0.2, 0) is 27.2 Å². The second-order valence-electron chi connectivity index (χ2n) is 6.29. The molecule has 142 valence electrons. The van der Waals surface area contributed by atoms with Crippen molar-refractivity contribution < 1.29 is 14.3 Å². The summed E-state index contributed by atoms with van der Waals surface area (Å²) in [5.74, 6) is -0.469. The number of fused-ring (bicyclic) bond motifs is 1. The molecule has 0 radical (unpaired) electrons. The topological polar surface area (TPSA) is 101 Å². The summed E-state index contributed by atoms with van der Waals surface area (Å²) in [6.45, 7) is 0. The molecule has 1 aliphatic rings. The monoisotopic (exact) mass is 387 g/mol. The highest BCUT2D eigenvalue weighted by atomic mass is 32.2. The molecule has 1 aromatic carbocycles. The second kappa shape index (κ2) is 8.85. The Morgan fingerprint density at radius 1 is 1.37 bits per heavy atom. The molecule has 0 spiro atoms. The minimum atomic E-state index is -0.474. The summed E-state index contributed by atoms with van der Waals surface area (Å²) in [6.07, 6.45) is 2.91. The number of ether oxygens (including phenoxy) is 1. The summed E-state index contributed by atoms with van der Waals surface area (Å²) in [7, 11) is 1.28. The number of benzene rings is 1. The summed E-state index contributed by atoms with van der Waals surface area (Å²) < 4.78 is 4.58. The van der Waals surface area contributed by atoms with Gasteiger partial charge < -0.3 is 15.0 Å². The van der Waals surface area contributed by atoms with Gasteiger partial charge in [0.25, 0.3) is 5.56 Å². The third-order valence-corrected chi connectivity index (χ3v) is 5.24. The zero-order valence-corrected chi connectivity index (χ0v) is 15.8. The predicted molar refractivity (Wildman–Crippen MR) is 102 cm³/mol. The van der Waals surface area contributed by atoms with Crippen molar-refractivity contribution in [1.82, 2.24) is 15.3 Å². The van der Waals surface area contributed by atoms with Crippen LogP contribution in [0.5, 0.6) is 0 Å². The molecule has 0 aliphatic heterocycles. The first kappa shape index (κ1) is 19.2. The molecule has 27 heavy (non-hydrogen) atoms. The van der Waals surface area contributed by atoms with Crippen molar-refractivity contribution in [1.29, 1.82) is 0 Å². The smallest absolute Gasteiger partial charge is 0.311 e. The van der Waals surface area contributed by atoms with E-state index in [0.29, 0.717) is 10.9 Å². The van der Waals surface area contributed by atoms with Crippen LogP contribution in [0.4, 0.5) is 0 Å². The maximum absolute atomic E-state index is 12.4. The third kappa shape index (κ3) is 5.19. The highest BCUT2D eigenvalue weighted by Crippen LogP contribution is 2.29. The standard InChI is InChI=1S/C19H21N3O4S/c1-26-18(25)10-13-9-16(23)22-19(20-13)27-11-17(24)21-15-8-4-6-12-5-2-3-7-14(12)15/h2-3,5,7,9,15H,4,6,8,10-11H2,1H3,(H,21,24)(H,20,22,23)/t15-/m1/s1. The fraction of sp³-hybridized carbons (Fsp3) is 0.368. The summed E-state index contributed by atoms with van der Waals surface area (Å²) in [4.78, 5) is 42.2. The average Bonchev–Trinajstić information content (AvgIpc) is 2.66. The number of nitrogens with one attached hydrogen (secondary N) is 2. The van der Waals surface area contributed by atoms with Gasteiger partial charge in [-0.1, -0.05) is 36.0 Å². The van der Waals surface area contributed by atoms with E-state index in [1.807, 2.05) is 12.1 Å². The van der Waals surface area contributed by atoms with E-state index in [9.17, 15) is 14.4 Å². The number of rotatable bonds is 6. The second-order valence-corrected chi connectivity index (χ2v) is 7.26. The predicted octanol–water partition coefficient (Wildman–Crippen LogP) is 1.77. The normalized spacial score (nSPS) is 15.7. The zero-order valence-electron chi connectivity index (χ0n) is 15.0. The maximum atomic E-state index is 12.4. The first-order chi connectivity index (χ1) is 13.0. The number of aryl methyl sites for hydroxylation is 1. The molecule has 0 saturated carbocycles. The molecule has 1 atom stereocenters. The summed E-state index contributed by atoms with van der Waals surface area (Å²) in [5, 5.41) is 3.37. The average molecular weight is 387 g/mol. The van der Waals surface area contributed by atoms with E-state index in [1.54, 1.807) is 0 Å². The highest BCUT2D eigenvalue weighted by molar-refractivity contribution is 7.99. The Kier molecular flexibility index (Phi) is 6.28. The SMILES string of the molecule is COC(=O)Cc1cc(=O)[nH]c(SCC(=O)N[C@@H]2CCCc3ccccc32)n1. The molecule has 0 fully saturated rings. The van der Waals surface area contributed by atoms with Crippen molar-refractivity contribution in [3.8, 4) is 0 Å². The third-order valence-electron chi connectivity index (χ3n) is 4.37. The number of methoxy groups -OCH3 is 1. The van der Waals surface area contributed by atoms with Crippen molar-refractivity contribution in [2.45, 2.75) is 36.9 Å². The quantitative estimate of drug-likeness (QED) is 0.445. The van der Waals surface area contributed by atoms with Crippen LogP contribution in [0.2, 0.25) is 0 Å². The maximum Gasteiger partial charge on any atom is 0.311 e. The molecule has 1 amide bonds. The lowest BCUT2D eigenvalue weighted by Crippen LogP contribution is -2.32. The van der Waals surface area contributed by atoms with E-state index in [0.717, 1.165) is 31.0 Å². The molecular formula is C19H21N3O4S. The van der Waals surface area contributed by atoms with Crippen LogP contribution < -0.4 is 10.9 Å². The first-order valence-corrected chi connectivity index (χ1v) is 9.70. The van der Waals surface area contributed by atoms with E-state index >= 15 is 0 Å². The molecule has 1 aromatic heterocycles. The number of hydrogen-bond donors (Lipinski definition) is 2. The molecule has 0 bridgehead atoms. The molecular weight excluding hydrogens is 366 g/mol. The van der Waals surface area contributed by atoms with Gasteiger partial charge in [-0.15, -0.1) is 0 Å². The zero-order chi connectivity index (χ0) is 19.2. The van der Waals surface area contributed by atoms with Crippen LogP contribution in [0.3, 0.4) is 0 Å². The van der Waals surface area contributed by atoms with Gasteiger partial charge in [0.1, 0.15) is 0 Å². The summed E-state index contributed by atoms with van der Waals surface area (Å²) in [6, 6.07) is 9.42. The van der Waals surface area contributed by atoms with Crippen LogP contribution in [0.25, 0.3) is 0 Å². The van der Waals surface area contributed by atoms with Gasteiger partial charge in [0.2, 0.25) is 5.91 Å². The number of aromatic nitrogens is 2. The Hall–Kier alpha value is -2.61. The number of carbonyl (C=O) groups is 2. The van der Waals surface area contributed by atoms with Crippen LogP contribution in [0, 0.1) is 0 Å². The lowest BCUT2D eigenvalue weighted by atomic mass is 9.88. The largest absolute Gasteiger partial charge is 0.469 e. The van der Waals surface area contributed by atoms with E-state index in [4.69, 9.17) is 0 Å². The van der Waals surface area contributed by atoms with Gasteiger partial charge in [-0.05, 0) is 30.4 Å². The van der Waals surface area contributed by atoms with Crippen molar-refractivity contribution in [2.24, 2.45) is 0 Å².